The van der Waals surface area contributed by atoms with Gasteiger partial charge in [0.1, 0.15) is 5.54 Å². The largest absolute Gasteiger partial charge is 0.378 e. The molecule has 2 unspecified atom stereocenters. The second-order valence-corrected chi connectivity index (χ2v) is 6.91. The van der Waals surface area contributed by atoms with E-state index in [0.717, 1.165) is 5.56 Å². The van der Waals surface area contributed by atoms with E-state index in [0.29, 0.717) is 25.3 Å². The maximum atomic E-state index is 12.6. The molecule has 0 saturated heterocycles. The van der Waals surface area contributed by atoms with Gasteiger partial charge in [-0.1, -0.05) is 26.0 Å². The molecule has 0 spiro atoms. The smallest absolute Gasteiger partial charge is 0.241 e. The first-order valence-electron chi connectivity index (χ1n) is 8.26. The summed E-state index contributed by atoms with van der Waals surface area (Å²) in [5, 5.41) is 5.63. The molecule has 2 rings (SSSR count). The van der Waals surface area contributed by atoms with Crippen LogP contribution in [0.15, 0.2) is 24.3 Å². The zero-order valence-corrected chi connectivity index (χ0v) is 14.8. The summed E-state index contributed by atoms with van der Waals surface area (Å²) in [4.78, 5) is 23.7. The molecule has 6 nitrogen and oxygen atoms in total. The average molecular weight is 333 g/mol. The molecular weight excluding hydrogens is 306 g/mol. The van der Waals surface area contributed by atoms with E-state index in [1.807, 2.05) is 39.0 Å². The highest BCUT2D eigenvalue weighted by atomic mass is 16.5. The molecule has 1 saturated carbocycles. The molecule has 1 aliphatic rings. The van der Waals surface area contributed by atoms with Gasteiger partial charge in [-0.25, -0.2) is 0 Å². The Morgan fingerprint density at radius 3 is 2.67 bits per heavy atom. The van der Waals surface area contributed by atoms with Gasteiger partial charge in [-0.3, -0.25) is 9.59 Å². The lowest BCUT2D eigenvalue weighted by molar-refractivity contribution is -0.170. The third-order valence-corrected chi connectivity index (χ3v) is 4.94. The lowest BCUT2D eigenvalue weighted by Gasteiger charge is -2.57. The molecule has 0 heterocycles. The van der Waals surface area contributed by atoms with Crippen LogP contribution in [0.2, 0.25) is 0 Å². The molecule has 1 aromatic carbocycles. The van der Waals surface area contributed by atoms with E-state index in [2.05, 4.69) is 10.6 Å². The Kier molecular flexibility index (Phi) is 5.30. The van der Waals surface area contributed by atoms with Gasteiger partial charge in [-0.15, -0.1) is 0 Å². The highest BCUT2D eigenvalue weighted by Crippen LogP contribution is 2.49. The van der Waals surface area contributed by atoms with Gasteiger partial charge in [-0.2, -0.15) is 0 Å². The Bertz CT molecular complexity index is 630. The van der Waals surface area contributed by atoms with Gasteiger partial charge in [0.25, 0.3) is 0 Å². The molecule has 1 aromatic rings. The number of anilines is 1. The number of rotatable bonds is 6. The van der Waals surface area contributed by atoms with Crippen molar-refractivity contribution in [1.82, 2.24) is 5.32 Å². The van der Waals surface area contributed by atoms with Gasteiger partial charge in [0.2, 0.25) is 11.8 Å². The monoisotopic (exact) mass is 333 g/mol. The van der Waals surface area contributed by atoms with Gasteiger partial charge >= 0.3 is 0 Å². The molecule has 24 heavy (non-hydrogen) atoms. The van der Waals surface area contributed by atoms with Crippen LogP contribution in [0.5, 0.6) is 0 Å². The molecule has 0 radical (unpaired) electrons. The van der Waals surface area contributed by atoms with Gasteiger partial charge in [-0.05, 0) is 24.6 Å². The quantitative estimate of drug-likeness (QED) is 0.740. The van der Waals surface area contributed by atoms with Crippen LogP contribution >= 0.6 is 0 Å². The Balaban J connectivity index is 1.97. The fourth-order valence-electron chi connectivity index (χ4n) is 3.12. The molecule has 0 aliphatic heterocycles. The van der Waals surface area contributed by atoms with E-state index in [9.17, 15) is 9.59 Å². The zero-order chi connectivity index (χ0) is 18.0. The topological polar surface area (TPSA) is 93.4 Å². The van der Waals surface area contributed by atoms with E-state index < -0.39 is 11.0 Å². The molecule has 1 aliphatic carbocycles. The Morgan fingerprint density at radius 1 is 1.38 bits per heavy atom. The number of amides is 2. The number of ether oxygens (including phenoxy) is 1. The van der Waals surface area contributed by atoms with Crippen molar-refractivity contribution in [2.75, 3.05) is 11.9 Å². The van der Waals surface area contributed by atoms with Crippen LogP contribution in [0, 0.1) is 5.41 Å². The summed E-state index contributed by atoms with van der Waals surface area (Å²) in [6.07, 6.45) is 0.521. The summed E-state index contributed by atoms with van der Waals surface area (Å²) < 4.78 is 5.65. The van der Waals surface area contributed by atoms with Gasteiger partial charge in [0, 0.05) is 37.6 Å². The minimum atomic E-state index is -0.928. The summed E-state index contributed by atoms with van der Waals surface area (Å²) in [5.74, 6) is -0.302. The average Bonchev–Trinajstić information content (AvgIpc) is 2.52. The van der Waals surface area contributed by atoms with Gasteiger partial charge < -0.3 is 21.1 Å². The van der Waals surface area contributed by atoms with E-state index in [1.54, 1.807) is 6.07 Å². The number of nitrogens with one attached hydrogen (secondary N) is 2. The second kappa shape index (κ2) is 6.91. The van der Waals surface area contributed by atoms with Crippen molar-refractivity contribution in [2.45, 2.75) is 52.3 Å². The molecule has 2 amide bonds. The lowest BCUT2D eigenvalue weighted by atomic mass is 9.54. The van der Waals surface area contributed by atoms with Crippen LogP contribution < -0.4 is 16.4 Å². The first-order valence-corrected chi connectivity index (χ1v) is 8.26. The van der Waals surface area contributed by atoms with Crippen LogP contribution in [0.1, 0.15) is 39.7 Å². The first kappa shape index (κ1) is 18.4. The number of hydrogen-bond donors (Lipinski definition) is 3. The van der Waals surface area contributed by atoms with Crippen molar-refractivity contribution < 1.29 is 14.3 Å². The standard InChI is InChI=1S/C18H27N3O3/c1-5-24-15-10-18(19,17(15,3)4)16(23)20-11-13-7-6-8-14(9-13)21-12(2)22/h6-9,15H,5,10-11,19H2,1-4H3,(H,20,23)(H,21,22). The van der Waals surface area contributed by atoms with Crippen molar-refractivity contribution in [3.8, 4) is 0 Å². The summed E-state index contributed by atoms with van der Waals surface area (Å²) in [6, 6.07) is 7.37. The molecule has 0 aromatic heterocycles. The molecule has 6 heteroatoms. The number of benzene rings is 1. The van der Waals surface area contributed by atoms with E-state index in [1.165, 1.54) is 6.92 Å². The van der Waals surface area contributed by atoms with Crippen molar-refractivity contribution in [2.24, 2.45) is 11.1 Å². The predicted molar refractivity (Wildman–Crippen MR) is 93.3 cm³/mol. The normalized spacial score (nSPS) is 24.8. The fraction of sp³-hybridized carbons (Fsp3) is 0.556. The van der Waals surface area contributed by atoms with Crippen LogP contribution in [0.4, 0.5) is 5.69 Å². The lowest BCUT2D eigenvalue weighted by Crippen LogP contribution is -2.75. The maximum absolute atomic E-state index is 12.6. The predicted octanol–water partition coefficient (Wildman–Crippen LogP) is 1.79. The van der Waals surface area contributed by atoms with Crippen LogP contribution in [0.3, 0.4) is 0 Å². The third-order valence-electron chi connectivity index (χ3n) is 4.94. The maximum Gasteiger partial charge on any atom is 0.241 e. The highest BCUT2D eigenvalue weighted by Gasteiger charge is 2.62. The molecular formula is C18H27N3O3. The van der Waals surface area contributed by atoms with Crippen LogP contribution in [-0.4, -0.2) is 30.1 Å². The summed E-state index contributed by atoms with van der Waals surface area (Å²) in [5.41, 5.74) is 6.62. The minimum Gasteiger partial charge on any atom is -0.378 e. The van der Waals surface area contributed by atoms with E-state index >= 15 is 0 Å². The SMILES string of the molecule is CCOC1CC(N)(C(=O)NCc2cccc(NC(C)=O)c2)C1(C)C. The van der Waals surface area contributed by atoms with Gasteiger partial charge in [0.05, 0.1) is 6.10 Å². The number of carbonyl (C=O) groups excluding carboxylic acids is 2. The minimum absolute atomic E-state index is 0.00124. The third kappa shape index (κ3) is 3.44. The molecule has 132 valence electrons. The number of nitrogens with two attached hydrogens (primary N) is 1. The molecule has 0 bridgehead atoms. The van der Waals surface area contributed by atoms with Crippen LogP contribution in [0.25, 0.3) is 0 Å². The highest BCUT2D eigenvalue weighted by molar-refractivity contribution is 5.89. The number of carbonyl (C=O) groups is 2. The Hall–Kier alpha value is -1.92. The molecule has 2 atom stereocenters. The first-order chi connectivity index (χ1) is 11.2. The second-order valence-electron chi connectivity index (χ2n) is 6.91. The fourth-order valence-corrected chi connectivity index (χ4v) is 3.12. The summed E-state index contributed by atoms with van der Waals surface area (Å²) in [6.45, 7) is 8.30. The van der Waals surface area contributed by atoms with Crippen molar-refractivity contribution in [3.63, 3.8) is 0 Å². The van der Waals surface area contributed by atoms with Crippen molar-refractivity contribution in [3.05, 3.63) is 29.8 Å². The van der Waals surface area contributed by atoms with Crippen molar-refractivity contribution >= 4 is 17.5 Å². The van der Waals surface area contributed by atoms with Crippen molar-refractivity contribution in [1.29, 1.82) is 0 Å². The Morgan fingerprint density at radius 2 is 2.08 bits per heavy atom. The molecule has 1 fully saturated rings. The summed E-state index contributed by atoms with van der Waals surface area (Å²) >= 11 is 0. The van der Waals surface area contributed by atoms with E-state index in [4.69, 9.17) is 10.5 Å². The number of hydrogen-bond acceptors (Lipinski definition) is 4. The van der Waals surface area contributed by atoms with Crippen LogP contribution in [-0.2, 0) is 20.9 Å². The molecule has 4 N–H and O–H groups in total. The Labute approximate surface area is 143 Å². The summed E-state index contributed by atoms with van der Waals surface area (Å²) in [7, 11) is 0. The van der Waals surface area contributed by atoms with E-state index in [-0.39, 0.29) is 17.9 Å². The van der Waals surface area contributed by atoms with Gasteiger partial charge in [0.15, 0.2) is 0 Å². The zero-order valence-electron chi connectivity index (χ0n) is 14.8.